The Labute approximate surface area is 117 Å². The molecule has 0 bridgehead atoms. The van der Waals surface area contributed by atoms with Crippen molar-refractivity contribution in [2.75, 3.05) is 5.32 Å². The second-order valence-electron chi connectivity index (χ2n) is 3.84. The Morgan fingerprint density at radius 3 is 3.05 bits per heavy atom. The summed E-state index contributed by atoms with van der Waals surface area (Å²) in [6.07, 6.45) is 1.32. The van der Waals surface area contributed by atoms with Gasteiger partial charge in [0.2, 0.25) is 0 Å². The molecule has 1 N–H and O–H groups in total. The van der Waals surface area contributed by atoms with Gasteiger partial charge in [-0.15, -0.1) is 0 Å². The van der Waals surface area contributed by atoms with Crippen molar-refractivity contribution in [3.05, 3.63) is 47.1 Å². The summed E-state index contributed by atoms with van der Waals surface area (Å²) < 4.78 is 15.0. The van der Waals surface area contributed by atoms with Crippen LogP contribution in [0.2, 0.25) is 5.15 Å². The number of aromatic nitrogens is 4. The summed E-state index contributed by atoms with van der Waals surface area (Å²) >= 11 is 5.88. The Balaban J connectivity index is 2.13. The minimum absolute atomic E-state index is 0.0892. The third-order valence-corrected chi connectivity index (χ3v) is 2.80. The van der Waals surface area contributed by atoms with E-state index >= 15 is 0 Å². The molecule has 3 rings (SSSR count). The molecule has 0 aliphatic heterocycles. The fourth-order valence-corrected chi connectivity index (χ4v) is 1.93. The van der Waals surface area contributed by atoms with E-state index in [0.717, 1.165) is 0 Å². The minimum Gasteiger partial charge on any atom is -0.339 e. The maximum atomic E-state index is 13.6. The second-order valence-corrected chi connectivity index (χ2v) is 4.22. The summed E-state index contributed by atoms with van der Waals surface area (Å²) in [4.78, 5) is 7.89. The largest absolute Gasteiger partial charge is 0.339 e. The number of hydrogen-bond acceptors (Lipinski definition) is 5. The van der Waals surface area contributed by atoms with E-state index in [2.05, 4.69) is 20.4 Å². The van der Waals surface area contributed by atoms with Gasteiger partial charge in [0, 0.05) is 6.07 Å². The number of nitrogens with zero attached hydrogens (tertiary/aromatic N) is 5. The molecule has 3 aromatic rings. The van der Waals surface area contributed by atoms with E-state index in [4.69, 9.17) is 16.9 Å². The van der Waals surface area contributed by atoms with E-state index in [9.17, 15) is 4.39 Å². The van der Waals surface area contributed by atoms with Crippen LogP contribution in [0.5, 0.6) is 0 Å². The Morgan fingerprint density at radius 2 is 2.25 bits per heavy atom. The molecule has 2 aromatic heterocycles. The predicted molar refractivity (Wildman–Crippen MR) is 70.2 cm³/mol. The van der Waals surface area contributed by atoms with Crippen LogP contribution in [0.3, 0.4) is 0 Å². The molecule has 6 nitrogen and oxygen atoms in total. The summed E-state index contributed by atoms with van der Waals surface area (Å²) in [6.45, 7) is 0. The maximum absolute atomic E-state index is 13.6. The summed E-state index contributed by atoms with van der Waals surface area (Å²) in [7, 11) is 0. The average Bonchev–Trinajstić information content (AvgIpc) is 2.87. The molecule has 0 saturated carbocycles. The van der Waals surface area contributed by atoms with E-state index in [1.54, 1.807) is 6.07 Å². The lowest BCUT2D eigenvalue weighted by Crippen LogP contribution is -2.03. The molecular formula is C12H6ClFN6. The van der Waals surface area contributed by atoms with Crippen molar-refractivity contribution in [3.8, 4) is 6.07 Å². The molecule has 0 spiro atoms. The smallest absolute Gasteiger partial charge is 0.255 e. The Morgan fingerprint density at radius 1 is 1.40 bits per heavy atom. The average molecular weight is 289 g/mol. The fourth-order valence-electron chi connectivity index (χ4n) is 1.75. The highest BCUT2D eigenvalue weighted by atomic mass is 35.5. The first kappa shape index (κ1) is 12.3. The number of nitrogens with one attached hydrogen (secondary N) is 1. The molecule has 0 saturated heterocycles. The zero-order chi connectivity index (χ0) is 14.1. The van der Waals surface area contributed by atoms with Crippen molar-refractivity contribution < 1.29 is 4.39 Å². The van der Waals surface area contributed by atoms with Gasteiger partial charge in [-0.2, -0.15) is 24.8 Å². The highest BCUT2D eigenvalue weighted by molar-refractivity contribution is 6.29. The van der Waals surface area contributed by atoms with Crippen molar-refractivity contribution in [2.45, 2.75) is 0 Å². The molecule has 8 heteroatoms. The standard InChI is InChI=1S/C12H6ClFN6/c13-10-4-11(20-12(19-10)16-6-17-20)18-9-3-1-2-8(14)7(9)5-15/h1-4,6,18H. The van der Waals surface area contributed by atoms with Gasteiger partial charge in [0.15, 0.2) is 0 Å². The predicted octanol–water partition coefficient (Wildman–Crippen LogP) is 2.53. The lowest BCUT2D eigenvalue weighted by Gasteiger charge is -2.09. The van der Waals surface area contributed by atoms with Crippen LogP contribution in [0.15, 0.2) is 30.6 Å². The molecule has 0 unspecified atom stereocenters. The quantitative estimate of drug-likeness (QED) is 0.733. The summed E-state index contributed by atoms with van der Waals surface area (Å²) in [6, 6.07) is 7.62. The zero-order valence-corrected chi connectivity index (χ0v) is 10.6. The monoisotopic (exact) mass is 288 g/mol. The molecule has 1 aromatic carbocycles. The topological polar surface area (TPSA) is 78.9 Å². The van der Waals surface area contributed by atoms with E-state index in [1.165, 1.54) is 29.0 Å². The Kier molecular flexibility index (Phi) is 2.93. The van der Waals surface area contributed by atoms with Crippen LogP contribution in [0, 0.1) is 17.1 Å². The van der Waals surface area contributed by atoms with E-state index < -0.39 is 5.82 Å². The molecule has 20 heavy (non-hydrogen) atoms. The molecule has 0 amide bonds. The Bertz CT molecular complexity index is 838. The van der Waals surface area contributed by atoms with E-state index in [-0.39, 0.29) is 10.7 Å². The Hall–Kier alpha value is -2.72. The molecule has 0 radical (unpaired) electrons. The van der Waals surface area contributed by atoms with Gasteiger partial charge in [-0.25, -0.2) is 4.39 Å². The third-order valence-electron chi connectivity index (χ3n) is 2.61. The van der Waals surface area contributed by atoms with Gasteiger partial charge >= 0.3 is 0 Å². The fraction of sp³-hybridized carbons (Fsp3) is 0. The van der Waals surface area contributed by atoms with Crippen molar-refractivity contribution in [2.24, 2.45) is 0 Å². The molecule has 0 fully saturated rings. The van der Waals surface area contributed by atoms with Gasteiger partial charge in [0.05, 0.1) is 5.69 Å². The van der Waals surface area contributed by atoms with Gasteiger partial charge in [0.25, 0.3) is 5.78 Å². The molecule has 0 atom stereocenters. The lowest BCUT2D eigenvalue weighted by atomic mass is 10.2. The van der Waals surface area contributed by atoms with Crippen LogP contribution in [0.25, 0.3) is 5.78 Å². The van der Waals surface area contributed by atoms with Gasteiger partial charge in [-0.1, -0.05) is 17.7 Å². The zero-order valence-electron chi connectivity index (χ0n) is 9.88. The van der Waals surface area contributed by atoms with Gasteiger partial charge < -0.3 is 5.32 Å². The number of halogens is 2. The first-order valence-electron chi connectivity index (χ1n) is 5.51. The van der Waals surface area contributed by atoms with Crippen molar-refractivity contribution >= 4 is 28.9 Å². The number of hydrogen-bond donors (Lipinski definition) is 1. The van der Waals surface area contributed by atoms with Gasteiger partial charge in [-0.3, -0.25) is 0 Å². The molecule has 2 heterocycles. The normalized spacial score (nSPS) is 10.4. The van der Waals surface area contributed by atoms with Crippen LogP contribution < -0.4 is 5.32 Å². The summed E-state index contributed by atoms with van der Waals surface area (Å²) in [5.41, 5.74) is 0.222. The van der Waals surface area contributed by atoms with Crippen LogP contribution in [-0.2, 0) is 0 Å². The molecular weight excluding hydrogens is 283 g/mol. The second kappa shape index (κ2) is 4.75. The van der Waals surface area contributed by atoms with Crippen LogP contribution in [-0.4, -0.2) is 19.6 Å². The van der Waals surface area contributed by atoms with Crippen molar-refractivity contribution in [1.29, 1.82) is 5.26 Å². The van der Waals surface area contributed by atoms with Crippen LogP contribution in [0.4, 0.5) is 15.9 Å². The number of benzene rings is 1. The number of anilines is 2. The van der Waals surface area contributed by atoms with Gasteiger partial charge in [0.1, 0.15) is 34.7 Å². The third kappa shape index (κ3) is 2.02. The number of nitriles is 1. The van der Waals surface area contributed by atoms with Crippen molar-refractivity contribution in [3.63, 3.8) is 0 Å². The number of fused-ring (bicyclic) bond motifs is 1. The SMILES string of the molecule is N#Cc1c(F)cccc1Nc1cc(Cl)nc2ncnn12. The summed E-state index contributed by atoms with van der Waals surface area (Å²) in [5, 5.41) is 16.1. The van der Waals surface area contributed by atoms with Crippen molar-refractivity contribution in [1.82, 2.24) is 19.6 Å². The van der Waals surface area contributed by atoms with Crippen LogP contribution in [0.1, 0.15) is 5.56 Å². The minimum atomic E-state index is -0.604. The van der Waals surface area contributed by atoms with Gasteiger partial charge in [-0.05, 0) is 12.1 Å². The lowest BCUT2D eigenvalue weighted by molar-refractivity contribution is 0.624. The van der Waals surface area contributed by atoms with Crippen LogP contribution >= 0.6 is 11.6 Å². The van der Waals surface area contributed by atoms with E-state index in [0.29, 0.717) is 17.3 Å². The molecule has 0 aliphatic rings. The number of rotatable bonds is 2. The highest BCUT2D eigenvalue weighted by Crippen LogP contribution is 2.23. The first-order valence-corrected chi connectivity index (χ1v) is 5.89. The highest BCUT2D eigenvalue weighted by Gasteiger charge is 2.11. The van der Waals surface area contributed by atoms with E-state index in [1.807, 2.05) is 6.07 Å². The molecule has 98 valence electrons. The maximum Gasteiger partial charge on any atom is 0.255 e. The summed E-state index contributed by atoms with van der Waals surface area (Å²) in [5.74, 6) is 0.127. The molecule has 0 aliphatic carbocycles. The first-order chi connectivity index (χ1) is 9.69.